The average Bonchev–Trinajstić information content (AvgIpc) is 2.84. The van der Waals surface area contributed by atoms with Crippen molar-refractivity contribution in [3.05, 3.63) is 40.9 Å². The summed E-state index contributed by atoms with van der Waals surface area (Å²) in [6.07, 6.45) is 1.59. The number of imidazole rings is 1. The summed E-state index contributed by atoms with van der Waals surface area (Å²) in [5.41, 5.74) is 1.67. The van der Waals surface area contributed by atoms with Gasteiger partial charge < -0.3 is 9.30 Å². The van der Waals surface area contributed by atoms with Crippen molar-refractivity contribution in [2.75, 3.05) is 7.11 Å². The Bertz CT molecular complexity index is 831. The predicted octanol–water partition coefficient (Wildman–Crippen LogP) is 1.34. The lowest BCUT2D eigenvalue weighted by atomic mass is 10.2. The standard InChI is InChI=1S/C14H14N4O2/c1-17-8-15-11-13(17)16-12(18(2)14(11)19)9-4-6-10(20-3)7-5-9/h4-8H,1-3H3. The first kappa shape index (κ1) is 12.4. The van der Waals surface area contributed by atoms with Crippen molar-refractivity contribution in [2.45, 2.75) is 0 Å². The third-order valence-electron chi connectivity index (χ3n) is 3.29. The van der Waals surface area contributed by atoms with Gasteiger partial charge in [-0.1, -0.05) is 0 Å². The summed E-state index contributed by atoms with van der Waals surface area (Å²) in [5.74, 6) is 1.37. The Morgan fingerprint density at radius 1 is 1.15 bits per heavy atom. The molecule has 0 aliphatic rings. The highest BCUT2D eigenvalue weighted by atomic mass is 16.5. The summed E-state index contributed by atoms with van der Waals surface area (Å²) < 4.78 is 8.38. The number of methoxy groups -OCH3 is 1. The van der Waals surface area contributed by atoms with E-state index in [-0.39, 0.29) is 5.56 Å². The Balaban J connectivity index is 2.26. The van der Waals surface area contributed by atoms with Crippen LogP contribution >= 0.6 is 0 Å². The van der Waals surface area contributed by atoms with Gasteiger partial charge in [0.05, 0.1) is 13.4 Å². The first-order valence-electron chi connectivity index (χ1n) is 6.14. The van der Waals surface area contributed by atoms with Gasteiger partial charge in [-0.2, -0.15) is 0 Å². The highest BCUT2D eigenvalue weighted by Crippen LogP contribution is 2.20. The van der Waals surface area contributed by atoms with Crippen LogP contribution in [0.1, 0.15) is 0 Å². The molecule has 0 unspecified atom stereocenters. The van der Waals surface area contributed by atoms with Gasteiger partial charge in [-0.3, -0.25) is 9.36 Å². The molecule has 0 aliphatic heterocycles. The van der Waals surface area contributed by atoms with E-state index in [9.17, 15) is 4.79 Å². The van der Waals surface area contributed by atoms with Crippen LogP contribution in [0.15, 0.2) is 35.4 Å². The van der Waals surface area contributed by atoms with Crippen molar-refractivity contribution in [3.63, 3.8) is 0 Å². The first-order chi connectivity index (χ1) is 9.61. The molecule has 2 aromatic heterocycles. The summed E-state index contributed by atoms with van der Waals surface area (Å²) in [6.45, 7) is 0. The van der Waals surface area contributed by atoms with Crippen LogP contribution < -0.4 is 10.3 Å². The Kier molecular flexibility index (Phi) is 2.78. The average molecular weight is 270 g/mol. The molecule has 102 valence electrons. The molecule has 0 atom stereocenters. The second-order valence-electron chi connectivity index (χ2n) is 4.56. The van der Waals surface area contributed by atoms with E-state index in [1.165, 1.54) is 4.57 Å². The van der Waals surface area contributed by atoms with Gasteiger partial charge in [0, 0.05) is 19.7 Å². The summed E-state index contributed by atoms with van der Waals surface area (Å²) in [7, 11) is 5.13. The topological polar surface area (TPSA) is 61.9 Å². The number of benzene rings is 1. The normalized spacial score (nSPS) is 10.9. The molecule has 20 heavy (non-hydrogen) atoms. The molecule has 3 aromatic rings. The number of fused-ring (bicyclic) bond motifs is 1. The van der Waals surface area contributed by atoms with Crippen molar-refractivity contribution in [2.24, 2.45) is 14.1 Å². The van der Waals surface area contributed by atoms with Crippen LogP contribution in [0.25, 0.3) is 22.6 Å². The molecular formula is C14H14N4O2. The molecule has 2 heterocycles. The molecule has 0 radical (unpaired) electrons. The van der Waals surface area contributed by atoms with Crippen molar-refractivity contribution in [3.8, 4) is 17.1 Å². The summed E-state index contributed by atoms with van der Waals surface area (Å²) in [5, 5.41) is 0. The minimum atomic E-state index is -0.151. The number of hydrogen-bond acceptors (Lipinski definition) is 4. The Morgan fingerprint density at radius 2 is 1.85 bits per heavy atom. The Morgan fingerprint density at radius 3 is 2.50 bits per heavy atom. The SMILES string of the molecule is COc1ccc(-c2nc3c(ncn3C)c(=O)n2C)cc1. The van der Waals surface area contributed by atoms with Crippen molar-refractivity contribution in [1.82, 2.24) is 19.1 Å². The van der Waals surface area contributed by atoms with Gasteiger partial charge >= 0.3 is 0 Å². The van der Waals surface area contributed by atoms with Crippen LogP contribution in [0.2, 0.25) is 0 Å². The number of ether oxygens (including phenoxy) is 1. The van der Waals surface area contributed by atoms with E-state index in [0.29, 0.717) is 17.0 Å². The molecule has 6 nitrogen and oxygen atoms in total. The van der Waals surface area contributed by atoms with E-state index in [2.05, 4.69) is 9.97 Å². The fourth-order valence-electron chi connectivity index (χ4n) is 2.14. The van der Waals surface area contributed by atoms with E-state index >= 15 is 0 Å². The predicted molar refractivity (Wildman–Crippen MR) is 75.7 cm³/mol. The monoisotopic (exact) mass is 270 g/mol. The summed E-state index contributed by atoms with van der Waals surface area (Å²) in [6, 6.07) is 7.44. The van der Waals surface area contributed by atoms with E-state index in [1.54, 1.807) is 25.1 Å². The highest BCUT2D eigenvalue weighted by Gasteiger charge is 2.13. The van der Waals surface area contributed by atoms with E-state index in [1.807, 2.05) is 31.3 Å². The summed E-state index contributed by atoms with van der Waals surface area (Å²) >= 11 is 0. The van der Waals surface area contributed by atoms with Crippen LogP contribution in [0.5, 0.6) is 5.75 Å². The van der Waals surface area contributed by atoms with Gasteiger partial charge in [0.15, 0.2) is 11.2 Å². The molecular weight excluding hydrogens is 256 g/mol. The van der Waals surface area contributed by atoms with Crippen molar-refractivity contribution < 1.29 is 4.74 Å². The minimum Gasteiger partial charge on any atom is -0.497 e. The van der Waals surface area contributed by atoms with Gasteiger partial charge in [-0.25, -0.2) is 9.97 Å². The Labute approximate surface area is 115 Å². The molecule has 3 rings (SSSR count). The lowest BCUT2D eigenvalue weighted by molar-refractivity contribution is 0.415. The summed E-state index contributed by atoms with van der Waals surface area (Å²) in [4.78, 5) is 20.9. The second-order valence-corrected chi connectivity index (χ2v) is 4.56. The number of hydrogen-bond donors (Lipinski definition) is 0. The first-order valence-corrected chi connectivity index (χ1v) is 6.14. The van der Waals surface area contributed by atoms with Crippen LogP contribution in [-0.4, -0.2) is 26.2 Å². The van der Waals surface area contributed by atoms with Gasteiger partial charge in [0.1, 0.15) is 11.6 Å². The number of nitrogens with zero attached hydrogens (tertiary/aromatic N) is 4. The molecule has 6 heteroatoms. The molecule has 0 saturated carbocycles. The third kappa shape index (κ3) is 1.77. The highest BCUT2D eigenvalue weighted by molar-refractivity contribution is 5.73. The van der Waals surface area contributed by atoms with Crippen molar-refractivity contribution >= 4 is 11.2 Å². The zero-order valence-electron chi connectivity index (χ0n) is 11.5. The van der Waals surface area contributed by atoms with E-state index in [0.717, 1.165) is 11.3 Å². The second kappa shape index (κ2) is 4.48. The van der Waals surface area contributed by atoms with Gasteiger partial charge in [-0.15, -0.1) is 0 Å². The van der Waals surface area contributed by atoms with Crippen LogP contribution in [-0.2, 0) is 14.1 Å². The quantitative estimate of drug-likeness (QED) is 0.705. The molecule has 1 aromatic carbocycles. The maximum Gasteiger partial charge on any atom is 0.281 e. The van der Waals surface area contributed by atoms with E-state index in [4.69, 9.17) is 4.74 Å². The van der Waals surface area contributed by atoms with Crippen molar-refractivity contribution in [1.29, 1.82) is 0 Å². The smallest absolute Gasteiger partial charge is 0.281 e. The molecule has 0 bridgehead atoms. The maximum atomic E-state index is 12.3. The molecule has 0 spiro atoms. The zero-order valence-corrected chi connectivity index (χ0v) is 11.5. The van der Waals surface area contributed by atoms with Gasteiger partial charge in [0.2, 0.25) is 0 Å². The number of aromatic nitrogens is 4. The molecule has 0 saturated heterocycles. The fraction of sp³-hybridized carbons (Fsp3) is 0.214. The molecule has 0 N–H and O–H groups in total. The van der Waals surface area contributed by atoms with Gasteiger partial charge in [0.25, 0.3) is 5.56 Å². The molecule has 0 amide bonds. The lowest BCUT2D eigenvalue weighted by Crippen LogP contribution is -2.20. The maximum absolute atomic E-state index is 12.3. The fourth-order valence-corrected chi connectivity index (χ4v) is 2.14. The number of rotatable bonds is 2. The van der Waals surface area contributed by atoms with Gasteiger partial charge in [-0.05, 0) is 24.3 Å². The minimum absolute atomic E-state index is 0.151. The molecule has 0 fully saturated rings. The zero-order chi connectivity index (χ0) is 14.3. The third-order valence-corrected chi connectivity index (χ3v) is 3.29. The largest absolute Gasteiger partial charge is 0.497 e. The lowest BCUT2D eigenvalue weighted by Gasteiger charge is -2.08. The number of aryl methyl sites for hydroxylation is 1. The molecule has 0 aliphatic carbocycles. The van der Waals surface area contributed by atoms with Crippen LogP contribution in [0.3, 0.4) is 0 Å². The van der Waals surface area contributed by atoms with Crippen LogP contribution in [0, 0.1) is 0 Å². The Hall–Kier alpha value is -2.63. The van der Waals surface area contributed by atoms with E-state index < -0.39 is 0 Å². The van der Waals surface area contributed by atoms with Crippen LogP contribution in [0.4, 0.5) is 0 Å².